The normalized spacial score (nSPS) is 24.1. The zero-order valence-electron chi connectivity index (χ0n) is 14.0. The van der Waals surface area contributed by atoms with Gasteiger partial charge in [0.05, 0.1) is 6.61 Å². The van der Waals surface area contributed by atoms with Gasteiger partial charge in [0, 0.05) is 42.0 Å². The van der Waals surface area contributed by atoms with Gasteiger partial charge < -0.3 is 14.7 Å². The number of hydrogen-bond donors (Lipinski definition) is 1. The molecular formula is C19H24Cl2N2O2. The van der Waals surface area contributed by atoms with E-state index in [1.807, 2.05) is 24.3 Å². The molecule has 1 aromatic heterocycles. The standard InChI is InChI=1S/C19H22N2O2.2ClH/c22-19-10-17(3-4-18(19)15-2-1-7-20-11-15)23-13-16-12-21-8-5-14(16)6-9-21;;/h1-4,7,10-11,14,16,22H,5-6,8-9,12-13H2;2*1H. The van der Waals surface area contributed by atoms with Gasteiger partial charge in [0.2, 0.25) is 0 Å². The van der Waals surface area contributed by atoms with Crippen LogP contribution in [-0.4, -0.2) is 41.2 Å². The molecule has 0 spiro atoms. The van der Waals surface area contributed by atoms with Gasteiger partial charge in [0.1, 0.15) is 11.5 Å². The number of phenols is 1. The third kappa shape index (κ3) is 4.38. The van der Waals surface area contributed by atoms with Crippen LogP contribution in [0.5, 0.6) is 11.5 Å². The lowest BCUT2D eigenvalue weighted by atomic mass is 9.79. The van der Waals surface area contributed by atoms with Gasteiger partial charge in [-0.15, -0.1) is 24.8 Å². The summed E-state index contributed by atoms with van der Waals surface area (Å²) in [5.74, 6) is 2.41. The molecule has 6 heteroatoms. The van der Waals surface area contributed by atoms with Crippen LogP contribution in [-0.2, 0) is 0 Å². The van der Waals surface area contributed by atoms with Crippen LogP contribution >= 0.6 is 24.8 Å². The summed E-state index contributed by atoms with van der Waals surface area (Å²) in [5.41, 5.74) is 1.70. The largest absolute Gasteiger partial charge is 0.507 e. The van der Waals surface area contributed by atoms with Crippen molar-refractivity contribution in [1.82, 2.24) is 9.88 Å². The molecule has 3 fully saturated rings. The minimum Gasteiger partial charge on any atom is -0.507 e. The number of aromatic hydroxyl groups is 1. The zero-order valence-corrected chi connectivity index (χ0v) is 15.6. The summed E-state index contributed by atoms with van der Waals surface area (Å²) in [4.78, 5) is 6.64. The average Bonchev–Trinajstić information content (AvgIpc) is 2.62. The van der Waals surface area contributed by atoms with Gasteiger partial charge in [-0.25, -0.2) is 0 Å². The van der Waals surface area contributed by atoms with Gasteiger partial charge in [0.15, 0.2) is 0 Å². The van der Waals surface area contributed by atoms with E-state index in [1.165, 1.54) is 25.9 Å². The number of rotatable bonds is 4. The second kappa shape index (κ2) is 8.75. The Morgan fingerprint density at radius 2 is 1.96 bits per heavy atom. The highest BCUT2D eigenvalue weighted by Gasteiger charge is 2.34. The molecule has 1 unspecified atom stereocenters. The van der Waals surface area contributed by atoms with Crippen molar-refractivity contribution in [3.05, 3.63) is 42.7 Å². The molecule has 3 aliphatic rings. The number of benzene rings is 1. The van der Waals surface area contributed by atoms with Gasteiger partial charge in [0.25, 0.3) is 0 Å². The molecule has 0 aliphatic carbocycles. The molecule has 0 amide bonds. The highest BCUT2D eigenvalue weighted by Crippen LogP contribution is 2.34. The molecule has 0 radical (unpaired) electrons. The number of piperidine rings is 3. The van der Waals surface area contributed by atoms with E-state index < -0.39 is 0 Å². The summed E-state index contributed by atoms with van der Waals surface area (Å²) >= 11 is 0. The first-order chi connectivity index (χ1) is 11.3. The summed E-state index contributed by atoms with van der Waals surface area (Å²) in [6, 6.07) is 9.35. The predicted octanol–water partition coefficient (Wildman–Crippen LogP) is 4.02. The number of halogens is 2. The number of nitrogens with zero attached hydrogens (tertiary/aromatic N) is 2. The third-order valence-corrected chi connectivity index (χ3v) is 5.20. The lowest BCUT2D eigenvalue weighted by molar-refractivity contribution is 0.0256. The molecule has 25 heavy (non-hydrogen) atoms. The molecule has 2 aromatic rings. The highest BCUT2D eigenvalue weighted by molar-refractivity contribution is 5.85. The van der Waals surface area contributed by atoms with E-state index in [-0.39, 0.29) is 30.6 Å². The Balaban J connectivity index is 0.00000113. The van der Waals surface area contributed by atoms with Gasteiger partial charge >= 0.3 is 0 Å². The van der Waals surface area contributed by atoms with Crippen molar-refractivity contribution in [3.63, 3.8) is 0 Å². The minimum absolute atomic E-state index is 0. The first-order valence-corrected chi connectivity index (χ1v) is 8.38. The fourth-order valence-electron chi connectivity index (χ4n) is 3.85. The fourth-order valence-corrected chi connectivity index (χ4v) is 3.85. The van der Waals surface area contributed by atoms with Gasteiger partial charge in [-0.3, -0.25) is 4.98 Å². The number of hydrogen-bond acceptors (Lipinski definition) is 4. The van der Waals surface area contributed by atoms with Crippen molar-refractivity contribution in [2.24, 2.45) is 11.8 Å². The van der Waals surface area contributed by atoms with Crippen molar-refractivity contribution >= 4 is 24.8 Å². The third-order valence-electron chi connectivity index (χ3n) is 5.20. The first-order valence-electron chi connectivity index (χ1n) is 8.38. The Morgan fingerprint density at radius 1 is 1.16 bits per heavy atom. The molecular weight excluding hydrogens is 359 g/mol. The highest BCUT2D eigenvalue weighted by atomic mass is 35.5. The van der Waals surface area contributed by atoms with Crippen molar-refractivity contribution < 1.29 is 9.84 Å². The van der Waals surface area contributed by atoms with E-state index in [2.05, 4.69) is 9.88 Å². The fraction of sp³-hybridized carbons (Fsp3) is 0.421. The number of pyridine rings is 1. The monoisotopic (exact) mass is 382 g/mol. The molecule has 1 atom stereocenters. The lowest BCUT2D eigenvalue weighted by Gasteiger charge is -2.44. The van der Waals surface area contributed by atoms with Crippen molar-refractivity contribution in [1.29, 1.82) is 0 Å². The molecule has 1 N–H and O–H groups in total. The van der Waals surface area contributed by atoms with E-state index in [0.717, 1.165) is 35.9 Å². The van der Waals surface area contributed by atoms with Crippen molar-refractivity contribution in [3.8, 4) is 22.6 Å². The Morgan fingerprint density at radius 3 is 2.56 bits per heavy atom. The van der Waals surface area contributed by atoms with Crippen molar-refractivity contribution in [2.45, 2.75) is 12.8 Å². The average molecular weight is 383 g/mol. The Hall–Kier alpha value is -1.49. The van der Waals surface area contributed by atoms with Gasteiger partial charge in [-0.05, 0) is 50.0 Å². The van der Waals surface area contributed by atoms with Crippen LogP contribution in [0.2, 0.25) is 0 Å². The number of phenolic OH excluding ortho intramolecular Hbond substituents is 1. The minimum atomic E-state index is 0. The summed E-state index contributed by atoms with van der Waals surface area (Å²) in [5, 5.41) is 10.3. The van der Waals surface area contributed by atoms with Crippen LogP contribution in [0, 0.1) is 11.8 Å². The van der Waals surface area contributed by atoms with E-state index in [0.29, 0.717) is 5.92 Å². The van der Waals surface area contributed by atoms with Crippen LogP contribution in [0.1, 0.15) is 12.8 Å². The molecule has 2 bridgehead atoms. The van der Waals surface area contributed by atoms with Crippen LogP contribution in [0.15, 0.2) is 42.7 Å². The molecule has 3 saturated heterocycles. The molecule has 4 nitrogen and oxygen atoms in total. The van der Waals surface area contributed by atoms with Gasteiger partial charge in [-0.1, -0.05) is 6.07 Å². The topological polar surface area (TPSA) is 45.6 Å². The Bertz CT molecular complexity index is 676. The van der Waals surface area contributed by atoms with Crippen LogP contribution < -0.4 is 4.74 Å². The van der Waals surface area contributed by atoms with Crippen molar-refractivity contribution in [2.75, 3.05) is 26.2 Å². The first kappa shape index (κ1) is 19.8. The maximum absolute atomic E-state index is 10.3. The maximum Gasteiger partial charge on any atom is 0.127 e. The molecule has 5 rings (SSSR count). The quantitative estimate of drug-likeness (QED) is 0.867. The molecule has 4 heterocycles. The summed E-state index contributed by atoms with van der Waals surface area (Å²) < 4.78 is 5.97. The number of ether oxygens (including phenoxy) is 1. The van der Waals surface area contributed by atoms with Gasteiger partial charge in [-0.2, -0.15) is 0 Å². The summed E-state index contributed by atoms with van der Waals surface area (Å²) in [6.07, 6.45) is 6.09. The van der Waals surface area contributed by atoms with E-state index >= 15 is 0 Å². The number of fused-ring (bicyclic) bond motifs is 3. The molecule has 1 aromatic carbocycles. The lowest BCUT2D eigenvalue weighted by Crippen LogP contribution is -2.49. The zero-order chi connectivity index (χ0) is 15.6. The van der Waals surface area contributed by atoms with Crippen LogP contribution in [0.4, 0.5) is 0 Å². The predicted molar refractivity (Wildman–Crippen MR) is 104 cm³/mol. The maximum atomic E-state index is 10.3. The van der Waals surface area contributed by atoms with E-state index in [4.69, 9.17) is 4.74 Å². The van der Waals surface area contributed by atoms with E-state index in [9.17, 15) is 5.11 Å². The number of aromatic nitrogens is 1. The Kier molecular flexibility index (Phi) is 6.94. The van der Waals surface area contributed by atoms with Crippen LogP contribution in [0.3, 0.4) is 0 Å². The smallest absolute Gasteiger partial charge is 0.127 e. The molecule has 136 valence electrons. The second-order valence-corrected chi connectivity index (χ2v) is 6.63. The van der Waals surface area contributed by atoms with Crippen LogP contribution in [0.25, 0.3) is 11.1 Å². The van der Waals surface area contributed by atoms with E-state index in [1.54, 1.807) is 18.5 Å². The second-order valence-electron chi connectivity index (χ2n) is 6.63. The SMILES string of the molecule is Cl.Cl.Oc1cc(OCC2CN3CCC2CC3)ccc1-c1cccnc1. The molecule has 0 saturated carbocycles. The summed E-state index contributed by atoms with van der Waals surface area (Å²) in [6.45, 7) is 4.40. The molecule has 3 aliphatic heterocycles. The Labute approximate surface area is 161 Å². The summed E-state index contributed by atoms with van der Waals surface area (Å²) in [7, 11) is 0.